The lowest BCUT2D eigenvalue weighted by Crippen LogP contribution is -2.68. The van der Waals surface area contributed by atoms with Gasteiger partial charge in [-0.05, 0) is 27.9 Å². The third kappa shape index (κ3) is 3.18. The number of likely N-dealkylation sites (N-methyl/N-ethyl adjacent to an activating group) is 2. The molecule has 1 saturated heterocycles. The Morgan fingerprint density at radius 1 is 1.47 bits per heavy atom. The molecule has 5 nitrogen and oxygen atoms in total. The molecule has 1 amide bonds. The molecule has 1 aliphatic heterocycles. The van der Waals surface area contributed by atoms with Crippen LogP contribution in [-0.4, -0.2) is 79.5 Å². The minimum atomic E-state index is -0.177. The van der Waals surface area contributed by atoms with Crippen molar-refractivity contribution < 1.29 is 4.79 Å². The summed E-state index contributed by atoms with van der Waals surface area (Å²) in [6.45, 7) is 7.32. The number of hydrogen-bond donors (Lipinski definition) is 1. The molecule has 2 N–H and O–H groups in total. The summed E-state index contributed by atoms with van der Waals surface area (Å²) in [5, 5.41) is 0. The summed E-state index contributed by atoms with van der Waals surface area (Å²) >= 11 is 0. The topological polar surface area (TPSA) is 52.8 Å². The second-order valence-corrected chi connectivity index (χ2v) is 5.75. The van der Waals surface area contributed by atoms with E-state index in [9.17, 15) is 4.79 Å². The lowest BCUT2D eigenvalue weighted by Gasteiger charge is -2.50. The highest BCUT2D eigenvalue weighted by atomic mass is 16.2. The van der Waals surface area contributed by atoms with Gasteiger partial charge in [0.15, 0.2) is 0 Å². The Labute approximate surface area is 105 Å². The Balaban J connectivity index is 2.83. The van der Waals surface area contributed by atoms with Crippen molar-refractivity contribution in [1.29, 1.82) is 0 Å². The van der Waals surface area contributed by atoms with Crippen molar-refractivity contribution in [1.82, 2.24) is 14.7 Å². The van der Waals surface area contributed by atoms with Crippen molar-refractivity contribution in [3.63, 3.8) is 0 Å². The Morgan fingerprint density at radius 2 is 2.06 bits per heavy atom. The summed E-state index contributed by atoms with van der Waals surface area (Å²) < 4.78 is 0. The zero-order valence-corrected chi connectivity index (χ0v) is 11.7. The van der Waals surface area contributed by atoms with Crippen LogP contribution < -0.4 is 5.73 Å². The Kier molecular flexibility index (Phi) is 4.52. The molecule has 0 aliphatic carbocycles. The number of carbonyl (C=O) groups excluding carboxylic acids is 1. The first-order chi connectivity index (χ1) is 7.79. The molecular formula is C12H26N4O. The van der Waals surface area contributed by atoms with Crippen LogP contribution >= 0.6 is 0 Å². The quantitative estimate of drug-likeness (QED) is 0.717. The summed E-state index contributed by atoms with van der Waals surface area (Å²) in [6, 6.07) is -0.177. The van der Waals surface area contributed by atoms with Gasteiger partial charge in [-0.15, -0.1) is 0 Å². The third-order valence-electron chi connectivity index (χ3n) is 3.45. The number of piperazine rings is 1. The number of rotatable bonds is 4. The SMILES string of the molecule is CN(C)CCN1C(CN)C(=O)N(C)CC1(C)C. The summed E-state index contributed by atoms with van der Waals surface area (Å²) in [6.07, 6.45) is 0. The highest BCUT2D eigenvalue weighted by Crippen LogP contribution is 2.24. The first kappa shape index (κ1) is 14.4. The molecule has 1 atom stereocenters. The van der Waals surface area contributed by atoms with Crippen molar-refractivity contribution in [2.24, 2.45) is 5.73 Å². The largest absolute Gasteiger partial charge is 0.343 e. The van der Waals surface area contributed by atoms with Crippen LogP contribution in [0.25, 0.3) is 0 Å². The second kappa shape index (κ2) is 5.33. The fraction of sp³-hybridized carbons (Fsp3) is 0.917. The minimum absolute atomic E-state index is 0.0112. The number of nitrogens with two attached hydrogens (primary N) is 1. The van der Waals surface area contributed by atoms with E-state index in [1.807, 2.05) is 21.1 Å². The molecule has 0 bridgehead atoms. The molecule has 0 saturated carbocycles. The molecule has 0 spiro atoms. The van der Waals surface area contributed by atoms with Crippen LogP contribution in [0.3, 0.4) is 0 Å². The molecule has 0 radical (unpaired) electrons. The Bertz CT molecular complexity index is 278. The van der Waals surface area contributed by atoms with Gasteiger partial charge in [-0.1, -0.05) is 0 Å². The molecule has 1 unspecified atom stereocenters. The van der Waals surface area contributed by atoms with Gasteiger partial charge >= 0.3 is 0 Å². The lowest BCUT2D eigenvalue weighted by atomic mass is 9.94. The smallest absolute Gasteiger partial charge is 0.241 e. The van der Waals surface area contributed by atoms with Gasteiger partial charge in [-0.25, -0.2) is 0 Å². The number of nitrogens with zero attached hydrogens (tertiary/aromatic N) is 3. The fourth-order valence-electron chi connectivity index (χ4n) is 2.55. The maximum Gasteiger partial charge on any atom is 0.241 e. The van der Waals surface area contributed by atoms with Crippen LogP contribution in [0.4, 0.5) is 0 Å². The Morgan fingerprint density at radius 3 is 2.53 bits per heavy atom. The van der Waals surface area contributed by atoms with E-state index in [-0.39, 0.29) is 17.5 Å². The van der Waals surface area contributed by atoms with Crippen LogP contribution in [-0.2, 0) is 4.79 Å². The molecule has 1 rings (SSSR count). The number of carbonyl (C=O) groups is 1. The van der Waals surface area contributed by atoms with Crippen LogP contribution in [0, 0.1) is 0 Å². The van der Waals surface area contributed by atoms with E-state index in [1.165, 1.54) is 0 Å². The molecule has 17 heavy (non-hydrogen) atoms. The number of hydrogen-bond acceptors (Lipinski definition) is 4. The first-order valence-electron chi connectivity index (χ1n) is 6.16. The van der Waals surface area contributed by atoms with Gasteiger partial charge in [0.05, 0.1) is 0 Å². The van der Waals surface area contributed by atoms with E-state index in [4.69, 9.17) is 5.73 Å². The van der Waals surface area contributed by atoms with Gasteiger partial charge < -0.3 is 15.5 Å². The van der Waals surface area contributed by atoms with E-state index >= 15 is 0 Å². The minimum Gasteiger partial charge on any atom is -0.343 e. The van der Waals surface area contributed by atoms with Crippen molar-refractivity contribution >= 4 is 5.91 Å². The summed E-state index contributed by atoms with van der Waals surface area (Å²) in [7, 11) is 5.95. The highest BCUT2D eigenvalue weighted by molar-refractivity contribution is 5.83. The average molecular weight is 242 g/mol. The van der Waals surface area contributed by atoms with Gasteiger partial charge in [0.25, 0.3) is 0 Å². The van der Waals surface area contributed by atoms with Gasteiger partial charge in [0, 0.05) is 38.8 Å². The fourth-order valence-corrected chi connectivity index (χ4v) is 2.55. The predicted octanol–water partition coefficient (Wildman–Crippen LogP) is -0.572. The van der Waals surface area contributed by atoms with Gasteiger partial charge in [0.2, 0.25) is 5.91 Å². The molecule has 1 fully saturated rings. The molecule has 5 heteroatoms. The zero-order chi connectivity index (χ0) is 13.2. The molecule has 1 aliphatic rings. The normalized spacial score (nSPS) is 25.7. The standard InChI is InChI=1S/C12H26N4O/c1-12(2)9-15(5)11(17)10(8-13)16(12)7-6-14(3)4/h10H,6-9,13H2,1-5H3. The first-order valence-corrected chi connectivity index (χ1v) is 6.16. The number of amides is 1. The molecule has 0 aromatic carbocycles. The molecule has 0 aromatic rings. The van der Waals surface area contributed by atoms with E-state index in [1.54, 1.807) is 4.90 Å². The predicted molar refractivity (Wildman–Crippen MR) is 69.8 cm³/mol. The summed E-state index contributed by atoms with van der Waals surface area (Å²) in [5.74, 6) is 0.144. The van der Waals surface area contributed by atoms with Crippen molar-refractivity contribution in [2.45, 2.75) is 25.4 Å². The van der Waals surface area contributed by atoms with Crippen LogP contribution in [0.15, 0.2) is 0 Å². The second-order valence-electron chi connectivity index (χ2n) is 5.75. The van der Waals surface area contributed by atoms with Gasteiger partial charge in [0.1, 0.15) is 6.04 Å². The van der Waals surface area contributed by atoms with Crippen LogP contribution in [0.2, 0.25) is 0 Å². The molecular weight excluding hydrogens is 216 g/mol. The van der Waals surface area contributed by atoms with E-state index in [0.717, 1.165) is 19.6 Å². The van der Waals surface area contributed by atoms with Gasteiger partial charge in [-0.3, -0.25) is 9.69 Å². The summed E-state index contributed by atoms with van der Waals surface area (Å²) in [4.78, 5) is 18.3. The van der Waals surface area contributed by atoms with Crippen molar-refractivity contribution in [3.8, 4) is 0 Å². The zero-order valence-electron chi connectivity index (χ0n) is 11.7. The third-order valence-corrected chi connectivity index (χ3v) is 3.45. The maximum absolute atomic E-state index is 12.1. The molecule has 0 aromatic heterocycles. The monoisotopic (exact) mass is 242 g/mol. The van der Waals surface area contributed by atoms with Gasteiger partial charge in [-0.2, -0.15) is 0 Å². The van der Waals surface area contributed by atoms with Crippen LogP contribution in [0.1, 0.15) is 13.8 Å². The molecule has 100 valence electrons. The average Bonchev–Trinajstić information content (AvgIpc) is 2.20. The van der Waals surface area contributed by atoms with Crippen molar-refractivity contribution in [2.75, 3.05) is 47.3 Å². The van der Waals surface area contributed by atoms with E-state index in [0.29, 0.717) is 6.54 Å². The lowest BCUT2D eigenvalue weighted by molar-refractivity contribution is -0.147. The molecule has 1 heterocycles. The van der Waals surface area contributed by atoms with E-state index < -0.39 is 0 Å². The summed E-state index contributed by atoms with van der Waals surface area (Å²) in [5.41, 5.74) is 5.76. The maximum atomic E-state index is 12.1. The Hall–Kier alpha value is -0.650. The highest BCUT2D eigenvalue weighted by Gasteiger charge is 2.42. The van der Waals surface area contributed by atoms with Crippen molar-refractivity contribution in [3.05, 3.63) is 0 Å². The van der Waals surface area contributed by atoms with Crippen LogP contribution in [0.5, 0.6) is 0 Å². The van der Waals surface area contributed by atoms with E-state index in [2.05, 4.69) is 23.6 Å².